The highest BCUT2D eigenvalue weighted by atomic mass is 19.4. The van der Waals surface area contributed by atoms with Gasteiger partial charge in [-0.15, -0.1) is 0 Å². The molecule has 0 radical (unpaired) electrons. The van der Waals surface area contributed by atoms with E-state index in [1.54, 1.807) is 0 Å². The van der Waals surface area contributed by atoms with Crippen molar-refractivity contribution in [3.05, 3.63) is 35.9 Å². The summed E-state index contributed by atoms with van der Waals surface area (Å²) in [5, 5.41) is 2.63. The van der Waals surface area contributed by atoms with Gasteiger partial charge in [0.2, 0.25) is 0 Å². The van der Waals surface area contributed by atoms with Crippen molar-refractivity contribution in [2.75, 3.05) is 26.2 Å². The molecule has 3 N–H and O–H groups in total. The molecule has 0 saturated carbocycles. The smallest absolute Gasteiger partial charge is 0.329 e. The molecule has 0 aliphatic carbocycles. The number of rotatable bonds is 5. The van der Waals surface area contributed by atoms with Crippen LogP contribution in [0.3, 0.4) is 0 Å². The Bertz CT molecular complexity index is 426. The van der Waals surface area contributed by atoms with E-state index in [9.17, 15) is 13.2 Å². The fourth-order valence-electron chi connectivity index (χ4n) is 2.72. The monoisotopic (exact) mass is 301 g/mol. The molecule has 1 saturated heterocycles. The van der Waals surface area contributed by atoms with E-state index in [0.29, 0.717) is 12.8 Å². The minimum atomic E-state index is -4.19. The van der Waals surface area contributed by atoms with Crippen molar-refractivity contribution in [1.82, 2.24) is 10.2 Å². The zero-order valence-corrected chi connectivity index (χ0v) is 12.0. The van der Waals surface area contributed by atoms with Gasteiger partial charge in [0.15, 0.2) is 0 Å². The average molecular weight is 301 g/mol. The van der Waals surface area contributed by atoms with Crippen LogP contribution < -0.4 is 11.1 Å². The molecule has 0 atom stereocenters. The van der Waals surface area contributed by atoms with Gasteiger partial charge < -0.3 is 11.1 Å². The molecule has 0 spiro atoms. The van der Waals surface area contributed by atoms with Crippen molar-refractivity contribution in [3.8, 4) is 0 Å². The molecule has 3 nitrogen and oxygen atoms in total. The third kappa shape index (κ3) is 4.98. The number of nitrogens with one attached hydrogen (secondary N) is 1. The largest absolute Gasteiger partial charge is 0.401 e. The first-order chi connectivity index (χ1) is 9.92. The van der Waals surface area contributed by atoms with Gasteiger partial charge in [0.05, 0.1) is 6.54 Å². The molecular weight excluding hydrogens is 279 g/mol. The van der Waals surface area contributed by atoms with Crippen molar-refractivity contribution < 1.29 is 13.2 Å². The number of nitrogens with two attached hydrogens (primary N) is 1. The van der Waals surface area contributed by atoms with Crippen molar-refractivity contribution >= 4 is 0 Å². The van der Waals surface area contributed by atoms with Crippen LogP contribution in [0.5, 0.6) is 0 Å². The quantitative estimate of drug-likeness (QED) is 0.875. The summed E-state index contributed by atoms with van der Waals surface area (Å²) in [6, 6.07) is 10.1. The molecule has 6 heteroatoms. The molecule has 118 valence electrons. The molecule has 1 heterocycles. The van der Waals surface area contributed by atoms with Crippen LogP contribution >= 0.6 is 0 Å². The predicted octanol–water partition coefficient (Wildman–Crippen LogP) is 2.13. The summed E-state index contributed by atoms with van der Waals surface area (Å²) in [5.41, 5.74) is 6.36. The summed E-state index contributed by atoms with van der Waals surface area (Å²) in [4.78, 5) is 2.26. The van der Waals surface area contributed by atoms with Crippen LogP contribution in [0, 0.1) is 0 Å². The second kappa shape index (κ2) is 6.77. The van der Waals surface area contributed by atoms with Crippen molar-refractivity contribution in [3.63, 3.8) is 0 Å². The molecule has 1 fully saturated rings. The number of piperidine rings is 1. The molecule has 1 aromatic carbocycles. The Labute approximate surface area is 123 Å². The summed E-state index contributed by atoms with van der Waals surface area (Å²) >= 11 is 0. The van der Waals surface area contributed by atoms with Crippen LogP contribution in [-0.4, -0.2) is 42.8 Å². The number of nitrogens with zero attached hydrogens (tertiary/aromatic N) is 1. The predicted molar refractivity (Wildman–Crippen MR) is 76.8 cm³/mol. The SMILES string of the molecule is NCC1(NCC(F)(F)F)CCN(Cc2ccccc2)CC1. The van der Waals surface area contributed by atoms with E-state index >= 15 is 0 Å². The van der Waals surface area contributed by atoms with Crippen LogP contribution in [0.15, 0.2) is 30.3 Å². The van der Waals surface area contributed by atoms with Crippen LogP contribution in [0.4, 0.5) is 13.2 Å². The van der Waals surface area contributed by atoms with Gasteiger partial charge in [0.1, 0.15) is 0 Å². The van der Waals surface area contributed by atoms with Gasteiger partial charge in [-0.05, 0) is 18.4 Å². The Hall–Kier alpha value is -1.11. The second-order valence-corrected chi connectivity index (χ2v) is 5.71. The lowest BCUT2D eigenvalue weighted by atomic mass is 9.87. The molecule has 21 heavy (non-hydrogen) atoms. The van der Waals surface area contributed by atoms with Gasteiger partial charge in [-0.3, -0.25) is 4.90 Å². The van der Waals surface area contributed by atoms with Crippen LogP contribution in [0.2, 0.25) is 0 Å². The number of alkyl halides is 3. The molecular formula is C15H22F3N3. The van der Waals surface area contributed by atoms with Gasteiger partial charge in [-0.25, -0.2) is 0 Å². The lowest BCUT2D eigenvalue weighted by molar-refractivity contribution is -0.130. The van der Waals surface area contributed by atoms with Crippen LogP contribution in [-0.2, 0) is 6.54 Å². The third-order valence-electron chi connectivity index (χ3n) is 4.12. The Balaban J connectivity index is 1.85. The van der Waals surface area contributed by atoms with Gasteiger partial charge in [0.25, 0.3) is 0 Å². The van der Waals surface area contributed by atoms with E-state index < -0.39 is 18.3 Å². The summed E-state index contributed by atoms with van der Waals surface area (Å²) < 4.78 is 37.1. The molecule has 0 amide bonds. The van der Waals surface area contributed by atoms with Gasteiger partial charge in [-0.2, -0.15) is 13.2 Å². The maximum absolute atomic E-state index is 12.4. The summed E-state index contributed by atoms with van der Waals surface area (Å²) in [6.45, 7) is 1.62. The molecule has 1 aromatic rings. The van der Waals surface area contributed by atoms with Crippen molar-refractivity contribution in [1.29, 1.82) is 0 Å². The Morgan fingerprint density at radius 2 is 1.76 bits per heavy atom. The zero-order valence-electron chi connectivity index (χ0n) is 12.0. The van der Waals surface area contributed by atoms with Crippen LogP contribution in [0.1, 0.15) is 18.4 Å². The summed E-state index contributed by atoms with van der Waals surface area (Å²) in [7, 11) is 0. The number of hydrogen-bond donors (Lipinski definition) is 2. The topological polar surface area (TPSA) is 41.3 Å². The molecule has 1 aliphatic heterocycles. The minimum Gasteiger partial charge on any atom is -0.329 e. The fraction of sp³-hybridized carbons (Fsp3) is 0.600. The Kier molecular flexibility index (Phi) is 5.24. The van der Waals surface area contributed by atoms with E-state index in [2.05, 4.69) is 22.3 Å². The van der Waals surface area contributed by atoms with Crippen molar-refractivity contribution in [2.45, 2.75) is 31.1 Å². The molecule has 0 unspecified atom stereocenters. The lowest BCUT2D eigenvalue weighted by Gasteiger charge is -2.42. The maximum Gasteiger partial charge on any atom is 0.401 e. The second-order valence-electron chi connectivity index (χ2n) is 5.71. The normalized spacial score (nSPS) is 19.6. The van der Waals surface area contributed by atoms with Gasteiger partial charge in [0, 0.05) is 31.7 Å². The van der Waals surface area contributed by atoms with E-state index in [4.69, 9.17) is 5.73 Å². The fourth-order valence-corrected chi connectivity index (χ4v) is 2.72. The molecule has 0 aromatic heterocycles. The molecule has 1 aliphatic rings. The number of halogens is 3. The highest BCUT2D eigenvalue weighted by molar-refractivity contribution is 5.14. The first kappa shape index (κ1) is 16.3. The lowest BCUT2D eigenvalue weighted by Crippen LogP contribution is -2.59. The van der Waals surface area contributed by atoms with E-state index in [-0.39, 0.29) is 6.54 Å². The highest BCUT2D eigenvalue weighted by Gasteiger charge is 2.37. The summed E-state index contributed by atoms with van der Waals surface area (Å²) in [6.07, 6.45) is -2.90. The van der Waals surface area contributed by atoms with E-state index in [1.807, 2.05) is 18.2 Å². The number of benzene rings is 1. The zero-order chi connectivity index (χ0) is 15.3. The third-order valence-corrected chi connectivity index (χ3v) is 4.12. The van der Waals surface area contributed by atoms with Crippen molar-refractivity contribution in [2.24, 2.45) is 5.73 Å². The first-order valence-corrected chi connectivity index (χ1v) is 7.21. The maximum atomic E-state index is 12.4. The van der Waals surface area contributed by atoms with Crippen LogP contribution in [0.25, 0.3) is 0 Å². The van der Waals surface area contributed by atoms with E-state index in [1.165, 1.54) is 5.56 Å². The Morgan fingerprint density at radius 1 is 1.14 bits per heavy atom. The standard InChI is InChI=1S/C15H22F3N3/c16-15(17,18)12-20-14(11-19)6-8-21(9-7-14)10-13-4-2-1-3-5-13/h1-5,20H,6-12,19H2. The average Bonchev–Trinajstić information content (AvgIpc) is 2.47. The highest BCUT2D eigenvalue weighted by Crippen LogP contribution is 2.24. The number of hydrogen-bond acceptors (Lipinski definition) is 3. The minimum absolute atomic E-state index is 0.238. The first-order valence-electron chi connectivity index (χ1n) is 7.21. The summed E-state index contributed by atoms with van der Waals surface area (Å²) in [5.74, 6) is 0. The van der Waals surface area contributed by atoms with E-state index in [0.717, 1.165) is 19.6 Å². The molecule has 2 rings (SSSR count). The molecule has 0 bridgehead atoms. The number of likely N-dealkylation sites (tertiary alicyclic amines) is 1. The van der Waals surface area contributed by atoms with Gasteiger partial charge in [-0.1, -0.05) is 30.3 Å². The van der Waals surface area contributed by atoms with Gasteiger partial charge >= 0.3 is 6.18 Å². The Morgan fingerprint density at radius 3 is 2.29 bits per heavy atom.